The molecular weight excluding hydrogens is 292 g/mol. The first-order valence-corrected chi connectivity index (χ1v) is 8.59. The lowest BCUT2D eigenvalue weighted by atomic mass is 10.1. The third kappa shape index (κ3) is 4.47. The Morgan fingerprint density at radius 2 is 2.10 bits per heavy atom. The van der Waals surface area contributed by atoms with E-state index in [2.05, 4.69) is 4.98 Å². The van der Waals surface area contributed by atoms with Crippen LogP contribution >= 0.6 is 0 Å². The average Bonchev–Trinajstić information content (AvgIpc) is 2.44. The molecule has 0 saturated carbocycles. The molecule has 1 atom stereocenters. The predicted molar refractivity (Wildman–Crippen MR) is 79.3 cm³/mol. The fourth-order valence-corrected chi connectivity index (χ4v) is 4.13. The summed E-state index contributed by atoms with van der Waals surface area (Å²) in [5.74, 6) is 0.0469. The van der Waals surface area contributed by atoms with Crippen molar-refractivity contribution in [2.45, 2.75) is 32.0 Å². The van der Waals surface area contributed by atoms with E-state index < -0.39 is 21.7 Å². The molecule has 0 aromatic carbocycles. The lowest BCUT2D eigenvalue weighted by molar-refractivity contribution is -0.131. The van der Waals surface area contributed by atoms with Crippen molar-refractivity contribution in [2.24, 2.45) is 0 Å². The molecule has 7 heteroatoms. The topological polar surface area (TPSA) is 79.7 Å². The molecular formula is C14H22N2O4S. The number of rotatable bonds is 5. The molecule has 0 radical (unpaired) electrons. The van der Waals surface area contributed by atoms with Crippen LogP contribution in [0.1, 0.15) is 19.4 Å². The van der Waals surface area contributed by atoms with Gasteiger partial charge in [-0.2, -0.15) is 4.31 Å². The zero-order valence-corrected chi connectivity index (χ0v) is 13.2. The van der Waals surface area contributed by atoms with Gasteiger partial charge in [-0.3, -0.25) is 4.98 Å². The number of hydrogen-bond acceptors (Lipinski definition) is 5. The number of aryl methyl sites for hydroxylation is 1. The number of aliphatic hydroxyl groups is 1. The summed E-state index contributed by atoms with van der Waals surface area (Å²) in [5.41, 5.74) is 0.356. The van der Waals surface area contributed by atoms with Gasteiger partial charge in [0.2, 0.25) is 10.0 Å². The van der Waals surface area contributed by atoms with E-state index in [1.165, 1.54) is 4.31 Å². The molecule has 1 aliphatic heterocycles. The van der Waals surface area contributed by atoms with Crippen molar-refractivity contribution < 1.29 is 18.3 Å². The molecule has 1 aromatic heterocycles. The van der Waals surface area contributed by atoms with E-state index in [1.807, 2.05) is 26.0 Å². The fourth-order valence-electron chi connectivity index (χ4n) is 2.47. The van der Waals surface area contributed by atoms with Gasteiger partial charge in [-0.15, -0.1) is 0 Å². The van der Waals surface area contributed by atoms with Gasteiger partial charge in [0.25, 0.3) is 0 Å². The van der Waals surface area contributed by atoms with E-state index in [0.717, 1.165) is 5.56 Å². The summed E-state index contributed by atoms with van der Waals surface area (Å²) in [7, 11) is -3.37. The van der Waals surface area contributed by atoms with Crippen LogP contribution in [0.25, 0.3) is 0 Å². The normalized spacial score (nSPS) is 23.1. The van der Waals surface area contributed by atoms with Gasteiger partial charge >= 0.3 is 0 Å². The molecule has 6 nitrogen and oxygen atoms in total. The van der Waals surface area contributed by atoms with E-state index in [4.69, 9.17) is 4.74 Å². The van der Waals surface area contributed by atoms with Crippen molar-refractivity contribution in [1.29, 1.82) is 0 Å². The molecule has 0 spiro atoms. The monoisotopic (exact) mass is 314 g/mol. The minimum absolute atomic E-state index is 0.0469. The summed E-state index contributed by atoms with van der Waals surface area (Å²) in [6.45, 7) is 4.00. The van der Waals surface area contributed by atoms with E-state index in [9.17, 15) is 13.5 Å². The number of aliphatic hydroxyl groups excluding tert-OH is 1. The maximum Gasteiger partial charge on any atom is 0.214 e. The Labute approximate surface area is 125 Å². The highest BCUT2D eigenvalue weighted by Gasteiger charge is 2.38. The van der Waals surface area contributed by atoms with Gasteiger partial charge in [0.1, 0.15) is 0 Å². The van der Waals surface area contributed by atoms with Crippen LogP contribution in [0.5, 0.6) is 0 Å². The molecule has 0 bridgehead atoms. The molecule has 1 fully saturated rings. The van der Waals surface area contributed by atoms with Crippen molar-refractivity contribution in [2.75, 3.05) is 25.4 Å². The Morgan fingerprint density at radius 1 is 1.43 bits per heavy atom. The number of pyridine rings is 1. The highest BCUT2D eigenvalue weighted by molar-refractivity contribution is 7.89. The molecule has 1 aromatic rings. The number of nitrogens with zero attached hydrogens (tertiary/aromatic N) is 2. The molecule has 0 aliphatic carbocycles. The SMILES string of the molecule is CC1(C)CN(S(=O)(=O)CCc2ccncc2)CC(CO)O1. The Bertz CT molecular complexity index is 560. The van der Waals surface area contributed by atoms with Crippen LogP contribution in [0.3, 0.4) is 0 Å². The number of hydrogen-bond donors (Lipinski definition) is 1. The zero-order valence-electron chi connectivity index (χ0n) is 12.4. The summed E-state index contributed by atoms with van der Waals surface area (Å²) < 4.78 is 32.0. The number of aromatic nitrogens is 1. The van der Waals surface area contributed by atoms with E-state index >= 15 is 0 Å². The van der Waals surface area contributed by atoms with Crippen LogP contribution in [0.2, 0.25) is 0 Å². The van der Waals surface area contributed by atoms with Gasteiger partial charge in [-0.05, 0) is 38.0 Å². The van der Waals surface area contributed by atoms with Crippen molar-refractivity contribution in [3.63, 3.8) is 0 Å². The highest BCUT2D eigenvalue weighted by atomic mass is 32.2. The third-order valence-corrected chi connectivity index (χ3v) is 5.23. The number of ether oxygens (including phenoxy) is 1. The van der Waals surface area contributed by atoms with E-state index in [1.54, 1.807) is 12.4 Å². The predicted octanol–water partition coefficient (Wildman–Crippen LogP) is 0.426. The lowest BCUT2D eigenvalue weighted by Gasteiger charge is -2.41. The van der Waals surface area contributed by atoms with Crippen molar-refractivity contribution >= 4 is 10.0 Å². The first kappa shape index (κ1) is 16.4. The molecule has 2 rings (SSSR count). The van der Waals surface area contributed by atoms with Crippen LogP contribution in [-0.4, -0.2) is 60.0 Å². The molecule has 21 heavy (non-hydrogen) atoms. The second-order valence-electron chi connectivity index (χ2n) is 5.90. The number of morpholine rings is 1. The van der Waals surface area contributed by atoms with Gasteiger partial charge in [-0.1, -0.05) is 0 Å². The fraction of sp³-hybridized carbons (Fsp3) is 0.643. The van der Waals surface area contributed by atoms with Crippen LogP contribution in [0.15, 0.2) is 24.5 Å². The van der Waals surface area contributed by atoms with Crippen molar-refractivity contribution in [1.82, 2.24) is 9.29 Å². The van der Waals surface area contributed by atoms with E-state index in [-0.39, 0.29) is 18.9 Å². The van der Waals surface area contributed by atoms with Crippen LogP contribution in [0, 0.1) is 0 Å². The second-order valence-corrected chi connectivity index (χ2v) is 7.98. The van der Waals surface area contributed by atoms with E-state index in [0.29, 0.717) is 13.0 Å². The Hall–Kier alpha value is -1.02. The first-order valence-electron chi connectivity index (χ1n) is 6.98. The van der Waals surface area contributed by atoms with Gasteiger partial charge in [0.15, 0.2) is 0 Å². The highest BCUT2D eigenvalue weighted by Crippen LogP contribution is 2.23. The molecule has 1 N–H and O–H groups in total. The largest absolute Gasteiger partial charge is 0.394 e. The van der Waals surface area contributed by atoms with Crippen molar-refractivity contribution in [3.05, 3.63) is 30.1 Å². The van der Waals surface area contributed by atoms with Crippen molar-refractivity contribution in [3.8, 4) is 0 Å². The lowest BCUT2D eigenvalue weighted by Crippen LogP contribution is -2.56. The molecule has 1 aliphatic rings. The Balaban J connectivity index is 2.04. The van der Waals surface area contributed by atoms with Gasteiger partial charge < -0.3 is 9.84 Å². The standard InChI is InChI=1S/C14H22N2O4S/c1-14(2)11-16(9-13(10-17)20-14)21(18,19)8-5-12-3-6-15-7-4-12/h3-4,6-7,13,17H,5,8-11H2,1-2H3. The maximum absolute atomic E-state index is 12.5. The van der Waals surface area contributed by atoms with Gasteiger partial charge in [-0.25, -0.2) is 8.42 Å². The summed E-state index contributed by atoms with van der Waals surface area (Å²) in [5, 5.41) is 9.26. The van der Waals surface area contributed by atoms with Crippen LogP contribution in [-0.2, 0) is 21.2 Å². The average molecular weight is 314 g/mol. The zero-order chi connectivity index (χ0) is 15.5. The summed E-state index contributed by atoms with van der Waals surface area (Å²) in [6.07, 6.45) is 3.29. The number of sulfonamides is 1. The molecule has 1 unspecified atom stereocenters. The summed E-state index contributed by atoms with van der Waals surface area (Å²) in [4.78, 5) is 3.92. The molecule has 0 amide bonds. The summed E-state index contributed by atoms with van der Waals surface area (Å²) >= 11 is 0. The quantitative estimate of drug-likeness (QED) is 0.852. The Kier molecular flexibility index (Phi) is 4.98. The van der Waals surface area contributed by atoms with Crippen LogP contribution < -0.4 is 0 Å². The molecule has 1 saturated heterocycles. The first-order chi connectivity index (χ1) is 9.82. The molecule has 2 heterocycles. The third-order valence-electron chi connectivity index (χ3n) is 3.45. The smallest absolute Gasteiger partial charge is 0.214 e. The Morgan fingerprint density at radius 3 is 2.71 bits per heavy atom. The van der Waals surface area contributed by atoms with Gasteiger partial charge in [0, 0.05) is 25.5 Å². The molecule has 118 valence electrons. The minimum atomic E-state index is -3.37. The minimum Gasteiger partial charge on any atom is -0.394 e. The summed E-state index contributed by atoms with van der Waals surface area (Å²) in [6, 6.07) is 3.63. The second kappa shape index (κ2) is 6.39. The maximum atomic E-state index is 12.5. The van der Waals surface area contributed by atoms with Crippen LogP contribution in [0.4, 0.5) is 0 Å². The van der Waals surface area contributed by atoms with Gasteiger partial charge in [0.05, 0.1) is 24.1 Å².